The Morgan fingerprint density at radius 3 is 2.43 bits per heavy atom. The largest absolute Gasteiger partial charge is 0.494 e. The average Bonchev–Trinajstić information content (AvgIpc) is 2.67. The van der Waals surface area contributed by atoms with Gasteiger partial charge in [-0.1, -0.05) is 6.07 Å². The fourth-order valence-corrected chi connectivity index (χ4v) is 3.06. The molecule has 30 heavy (non-hydrogen) atoms. The van der Waals surface area contributed by atoms with Crippen LogP contribution in [0.4, 0.5) is 33.7 Å². The van der Waals surface area contributed by atoms with E-state index in [1.54, 1.807) is 0 Å². The first kappa shape index (κ1) is 23.3. The van der Waals surface area contributed by atoms with E-state index in [0.717, 1.165) is 12.1 Å². The molecular weight excluding hydrogens is 430 g/mol. The van der Waals surface area contributed by atoms with Crippen molar-refractivity contribution in [2.24, 2.45) is 0 Å². The lowest BCUT2D eigenvalue weighted by Gasteiger charge is -2.15. The van der Waals surface area contributed by atoms with E-state index in [1.807, 2.05) is 0 Å². The Hall–Kier alpha value is -3.02. The summed E-state index contributed by atoms with van der Waals surface area (Å²) in [6, 6.07) is 5.43. The summed E-state index contributed by atoms with van der Waals surface area (Å²) in [5.41, 5.74) is -1.12. The number of ether oxygens (including phenoxy) is 1. The molecule has 2 aromatic carbocycles. The number of nitrogens with one attached hydrogen (secondary N) is 3. The van der Waals surface area contributed by atoms with Crippen LogP contribution in [0.1, 0.15) is 18.1 Å². The summed E-state index contributed by atoms with van der Waals surface area (Å²) in [6.45, 7) is 0.965. The first-order valence-corrected chi connectivity index (χ1v) is 10.2. The van der Waals surface area contributed by atoms with Gasteiger partial charge in [0.2, 0.25) is 10.0 Å². The highest BCUT2D eigenvalue weighted by Gasteiger charge is 2.33. The molecule has 0 saturated heterocycles. The van der Waals surface area contributed by atoms with Crippen molar-refractivity contribution in [1.82, 2.24) is 5.32 Å². The van der Waals surface area contributed by atoms with E-state index in [1.165, 1.54) is 32.2 Å². The second kappa shape index (κ2) is 9.20. The zero-order valence-corrected chi connectivity index (χ0v) is 16.7. The lowest BCUT2D eigenvalue weighted by atomic mass is 10.1. The number of carbonyl (C=O) groups is 1. The molecule has 0 atom stereocenters. The standard InChI is InChI=1S/C18H19F4N3O4S/c1-3-30(27,28)25-15-7-6-13(9-16(15)29-2)24-17(26)23-10-11-4-5-12(19)8-14(11)18(20,21)22/h4-9,25H,3,10H2,1-2H3,(H2,23,24,26). The van der Waals surface area contributed by atoms with Gasteiger partial charge in [-0.2, -0.15) is 13.2 Å². The number of anilines is 2. The van der Waals surface area contributed by atoms with Crippen molar-refractivity contribution in [3.63, 3.8) is 0 Å². The number of carbonyl (C=O) groups excluding carboxylic acids is 1. The molecule has 0 saturated carbocycles. The summed E-state index contributed by atoms with van der Waals surface area (Å²) in [5, 5.41) is 4.65. The Morgan fingerprint density at radius 2 is 1.83 bits per heavy atom. The highest BCUT2D eigenvalue weighted by Crippen LogP contribution is 2.32. The minimum atomic E-state index is -4.77. The number of urea groups is 1. The molecule has 12 heteroatoms. The van der Waals surface area contributed by atoms with E-state index in [4.69, 9.17) is 4.74 Å². The molecular formula is C18H19F4N3O4S. The van der Waals surface area contributed by atoms with Crippen molar-refractivity contribution in [2.75, 3.05) is 22.9 Å². The second-order valence-electron chi connectivity index (χ2n) is 6.03. The van der Waals surface area contributed by atoms with Gasteiger partial charge in [0.15, 0.2) is 0 Å². The highest BCUT2D eigenvalue weighted by atomic mass is 32.2. The zero-order valence-electron chi connectivity index (χ0n) is 15.9. The van der Waals surface area contributed by atoms with Gasteiger partial charge in [-0.15, -0.1) is 0 Å². The lowest BCUT2D eigenvalue weighted by molar-refractivity contribution is -0.138. The highest BCUT2D eigenvalue weighted by molar-refractivity contribution is 7.92. The van der Waals surface area contributed by atoms with E-state index >= 15 is 0 Å². The topological polar surface area (TPSA) is 96.5 Å². The quantitative estimate of drug-likeness (QED) is 0.558. The number of sulfonamides is 1. The predicted octanol–water partition coefficient (Wildman–Crippen LogP) is 3.94. The van der Waals surface area contributed by atoms with Gasteiger partial charge >= 0.3 is 12.2 Å². The lowest BCUT2D eigenvalue weighted by Crippen LogP contribution is -2.29. The van der Waals surface area contributed by atoms with Gasteiger partial charge in [-0.25, -0.2) is 17.6 Å². The first-order valence-electron chi connectivity index (χ1n) is 8.54. The Labute approximate surface area is 170 Å². The molecule has 3 N–H and O–H groups in total. The van der Waals surface area contributed by atoms with Gasteiger partial charge in [0.25, 0.3) is 0 Å². The molecule has 0 aliphatic rings. The number of rotatable bonds is 7. The van der Waals surface area contributed by atoms with Crippen molar-refractivity contribution in [3.8, 4) is 5.75 Å². The van der Waals surface area contributed by atoms with Crippen LogP contribution < -0.4 is 20.1 Å². The molecule has 0 spiro atoms. The van der Waals surface area contributed by atoms with Gasteiger partial charge in [0, 0.05) is 18.3 Å². The van der Waals surface area contributed by atoms with Gasteiger partial charge in [-0.05, 0) is 36.8 Å². The van der Waals surface area contributed by atoms with E-state index in [9.17, 15) is 30.8 Å². The van der Waals surface area contributed by atoms with Crippen molar-refractivity contribution in [1.29, 1.82) is 0 Å². The van der Waals surface area contributed by atoms with Gasteiger partial charge in [0.1, 0.15) is 11.6 Å². The Kier molecular flexibility index (Phi) is 7.13. The number of halogens is 4. The number of alkyl halides is 3. The van der Waals surface area contributed by atoms with E-state index < -0.39 is 40.2 Å². The maximum Gasteiger partial charge on any atom is 0.416 e. The van der Waals surface area contributed by atoms with Crippen LogP contribution in [-0.2, 0) is 22.7 Å². The maximum atomic E-state index is 13.1. The molecule has 0 heterocycles. The van der Waals surface area contributed by atoms with Crippen LogP contribution in [0.25, 0.3) is 0 Å². The third kappa shape index (κ3) is 6.24. The van der Waals surface area contributed by atoms with Crippen LogP contribution in [-0.4, -0.2) is 27.3 Å². The number of methoxy groups -OCH3 is 1. The fourth-order valence-electron chi connectivity index (χ4n) is 2.41. The monoisotopic (exact) mass is 449 g/mol. The number of hydrogen-bond donors (Lipinski definition) is 3. The zero-order chi connectivity index (χ0) is 22.5. The molecule has 164 valence electrons. The molecule has 0 aliphatic carbocycles. The van der Waals surface area contributed by atoms with Gasteiger partial charge in [-0.3, -0.25) is 4.72 Å². The molecule has 0 aromatic heterocycles. The Morgan fingerprint density at radius 1 is 1.13 bits per heavy atom. The van der Waals surface area contributed by atoms with Crippen molar-refractivity contribution >= 4 is 27.4 Å². The van der Waals surface area contributed by atoms with Crippen molar-refractivity contribution in [3.05, 3.63) is 53.3 Å². The van der Waals surface area contributed by atoms with Crippen LogP contribution in [0.5, 0.6) is 5.75 Å². The Bertz CT molecular complexity index is 1030. The minimum absolute atomic E-state index is 0.128. The van der Waals surface area contributed by atoms with Gasteiger partial charge in [0.05, 0.1) is 24.1 Å². The number of benzene rings is 2. The summed E-state index contributed by atoms with van der Waals surface area (Å²) < 4.78 is 82.9. The van der Waals surface area contributed by atoms with Gasteiger partial charge < -0.3 is 15.4 Å². The number of amides is 2. The Balaban J connectivity index is 2.09. The first-order chi connectivity index (χ1) is 13.9. The second-order valence-corrected chi connectivity index (χ2v) is 8.04. The summed E-state index contributed by atoms with van der Waals surface area (Å²) in [4.78, 5) is 12.0. The fraction of sp³-hybridized carbons (Fsp3) is 0.278. The molecule has 2 aromatic rings. The van der Waals surface area contributed by atoms with E-state index in [-0.39, 0.29) is 28.4 Å². The molecule has 2 rings (SSSR count). The van der Waals surface area contributed by atoms with Crippen molar-refractivity contribution < 1.29 is 35.5 Å². The van der Waals surface area contributed by atoms with Crippen LogP contribution in [0.15, 0.2) is 36.4 Å². The number of hydrogen-bond acceptors (Lipinski definition) is 4. The summed E-state index contributed by atoms with van der Waals surface area (Å²) in [7, 11) is -2.25. The maximum absolute atomic E-state index is 13.1. The summed E-state index contributed by atoms with van der Waals surface area (Å²) in [5.74, 6) is -1.06. The third-order valence-electron chi connectivity index (χ3n) is 3.92. The van der Waals surface area contributed by atoms with E-state index in [0.29, 0.717) is 6.07 Å². The summed E-state index contributed by atoms with van der Waals surface area (Å²) >= 11 is 0. The molecule has 0 radical (unpaired) electrons. The van der Waals surface area contributed by atoms with Crippen LogP contribution >= 0.6 is 0 Å². The molecule has 0 unspecified atom stereocenters. The third-order valence-corrected chi connectivity index (χ3v) is 5.21. The van der Waals surface area contributed by atoms with E-state index in [2.05, 4.69) is 15.4 Å². The SMILES string of the molecule is CCS(=O)(=O)Nc1ccc(NC(=O)NCc2ccc(F)cc2C(F)(F)F)cc1OC. The molecule has 0 fully saturated rings. The minimum Gasteiger partial charge on any atom is -0.494 e. The van der Waals surface area contributed by atoms with Crippen LogP contribution in [0.2, 0.25) is 0 Å². The average molecular weight is 449 g/mol. The summed E-state index contributed by atoms with van der Waals surface area (Å²) in [6.07, 6.45) is -4.77. The molecule has 2 amide bonds. The smallest absolute Gasteiger partial charge is 0.416 e. The van der Waals surface area contributed by atoms with Crippen molar-refractivity contribution in [2.45, 2.75) is 19.6 Å². The molecule has 7 nitrogen and oxygen atoms in total. The normalized spacial score (nSPS) is 11.7. The molecule has 0 aliphatic heterocycles. The predicted molar refractivity (Wildman–Crippen MR) is 103 cm³/mol. The van der Waals surface area contributed by atoms with Crippen LogP contribution in [0, 0.1) is 5.82 Å². The molecule has 0 bridgehead atoms. The van der Waals surface area contributed by atoms with Crippen LogP contribution in [0.3, 0.4) is 0 Å².